The van der Waals surface area contributed by atoms with Crippen LogP contribution in [-0.2, 0) is 4.74 Å². The van der Waals surface area contributed by atoms with Gasteiger partial charge in [0.25, 0.3) is 0 Å². The van der Waals surface area contributed by atoms with Crippen molar-refractivity contribution in [2.24, 2.45) is 5.92 Å². The van der Waals surface area contributed by atoms with Crippen LogP contribution in [0.15, 0.2) is 0 Å². The van der Waals surface area contributed by atoms with Gasteiger partial charge in [-0.25, -0.2) is 0 Å². The molecule has 1 fully saturated rings. The van der Waals surface area contributed by atoms with E-state index in [-0.39, 0.29) is 0 Å². The van der Waals surface area contributed by atoms with Crippen LogP contribution in [0.3, 0.4) is 0 Å². The Morgan fingerprint density at radius 3 is 3.00 bits per heavy atom. The minimum Gasteiger partial charge on any atom is -0.383 e. The number of hydrogen-bond acceptors (Lipinski definition) is 4. The number of nitrogens with one attached hydrogen (secondary N) is 2. The highest BCUT2D eigenvalue weighted by Crippen LogP contribution is 2.07. The average molecular weight is 229 g/mol. The maximum atomic E-state index is 5.04. The van der Waals surface area contributed by atoms with Crippen molar-refractivity contribution in [2.45, 2.75) is 12.8 Å². The normalized spacial score (nSPS) is 21.6. The molecule has 0 aromatic carbocycles. The molecule has 1 atom stereocenters. The predicted octanol–water partition coefficient (Wildman–Crippen LogP) is 0.154. The Morgan fingerprint density at radius 2 is 2.31 bits per heavy atom. The van der Waals surface area contributed by atoms with Crippen molar-refractivity contribution < 1.29 is 4.74 Å². The van der Waals surface area contributed by atoms with Crippen molar-refractivity contribution in [1.82, 2.24) is 15.5 Å². The van der Waals surface area contributed by atoms with Gasteiger partial charge in [-0.15, -0.1) is 0 Å². The smallest absolute Gasteiger partial charge is 0.0589 e. The number of likely N-dealkylation sites (N-methyl/N-ethyl adjacent to an activating group) is 1. The molecule has 1 aliphatic rings. The van der Waals surface area contributed by atoms with Crippen molar-refractivity contribution >= 4 is 0 Å². The van der Waals surface area contributed by atoms with Gasteiger partial charge in [0.15, 0.2) is 0 Å². The van der Waals surface area contributed by atoms with Gasteiger partial charge >= 0.3 is 0 Å². The molecule has 1 saturated heterocycles. The highest BCUT2D eigenvalue weighted by Gasteiger charge is 2.11. The van der Waals surface area contributed by atoms with Crippen LogP contribution in [0.4, 0.5) is 0 Å². The quantitative estimate of drug-likeness (QED) is 0.581. The number of nitrogens with zero attached hydrogens (tertiary/aromatic N) is 1. The van der Waals surface area contributed by atoms with Crippen LogP contribution in [0.2, 0.25) is 0 Å². The van der Waals surface area contributed by atoms with Gasteiger partial charge in [-0.3, -0.25) is 0 Å². The molecule has 96 valence electrons. The van der Waals surface area contributed by atoms with E-state index in [9.17, 15) is 0 Å². The van der Waals surface area contributed by atoms with Gasteiger partial charge in [0.2, 0.25) is 0 Å². The first kappa shape index (κ1) is 13.9. The van der Waals surface area contributed by atoms with E-state index in [0.29, 0.717) is 0 Å². The lowest BCUT2D eigenvalue weighted by Gasteiger charge is -2.23. The number of piperidine rings is 1. The zero-order valence-corrected chi connectivity index (χ0v) is 10.8. The third-order valence-electron chi connectivity index (χ3n) is 3.18. The minimum absolute atomic E-state index is 0.822. The van der Waals surface area contributed by atoms with E-state index in [1.165, 1.54) is 25.9 Å². The molecular weight excluding hydrogens is 202 g/mol. The van der Waals surface area contributed by atoms with Crippen LogP contribution in [0, 0.1) is 5.92 Å². The van der Waals surface area contributed by atoms with Crippen LogP contribution in [0.5, 0.6) is 0 Å². The first-order chi connectivity index (χ1) is 7.83. The van der Waals surface area contributed by atoms with E-state index in [4.69, 9.17) is 4.74 Å². The topological polar surface area (TPSA) is 36.5 Å². The first-order valence-corrected chi connectivity index (χ1v) is 6.42. The molecule has 0 radical (unpaired) electrons. The third-order valence-corrected chi connectivity index (χ3v) is 3.18. The van der Waals surface area contributed by atoms with Crippen LogP contribution in [-0.4, -0.2) is 64.9 Å². The Balaban J connectivity index is 1.90. The average Bonchev–Trinajstić information content (AvgIpc) is 2.33. The molecule has 0 saturated carbocycles. The van der Waals surface area contributed by atoms with Crippen molar-refractivity contribution in [1.29, 1.82) is 0 Å². The summed E-state index contributed by atoms with van der Waals surface area (Å²) < 4.78 is 5.04. The fourth-order valence-electron chi connectivity index (χ4n) is 2.03. The van der Waals surface area contributed by atoms with E-state index in [1.54, 1.807) is 7.11 Å². The second-order valence-corrected chi connectivity index (χ2v) is 4.71. The van der Waals surface area contributed by atoms with Gasteiger partial charge < -0.3 is 20.3 Å². The lowest BCUT2D eigenvalue weighted by molar-refractivity contribution is 0.161. The lowest BCUT2D eigenvalue weighted by Crippen LogP contribution is -2.38. The summed E-state index contributed by atoms with van der Waals surface area (Å²) in [6.07, 6.45) is 2.71. The standard InChI is InChI=1S/C12H27N3O/c1-15(8-9-16-2)7-6-14-11-12-4-3-5-13-10-12/h12-14H,3-11H2,1-2H3. The van der Waals surface area contributed by atoms with Crippen LogP contribution in [0.1, 0.15) is 12.8 Å². The zero-order chi connectivity index (χ0) is 11.6. The SMILES string of the molecule is COCCN(C)CCNCC1CCCNC1. The molecule has 1 rings (SSSR count). The predicted molar refractivity (Wildman–Crippen MR) is 67.8 cm³/mol. The number of rotatable bonds is 8. The van der Waals surface area contributed by atoms with Gasteiger partial charge in [-0.1, -0.05) is 0 Å². The van der Waals surface area contributed by atoms with Crippen molar-refractivity contribution in [3.05, 3.63) is 0 Å². The molecule has 4 heteroatoms. The highest BCUT2D eigenvalue weighted by molar-refractivity contribution is 4.71. The van der Waals surface area contributed by atoms with Crippen molar-refractivity contribution in [2.75, 3.05) is 60.0 Å². The summed E-state index contributed by atoms with van der Waals surface area (Å²) in [6.45, 7) is 7.57. The van der Waals surface area contributed by atoms with E-state index < -0.39 is 0 Å². The van der Waals surface area contributed by atoms with Crippen molar-refractivity contribution in [3.8, 4) is 0 Å². The molecule has 1 heterocycles. The molecule has 0 spiro atoms. The van der Waals surface area contributed by atoms with E-state index in [1.807, 2.05) is 0 Å². The molecule has 0 aromatic rings. The Morgan fingerprint density at radius 1 is 1.44 bits per heavy atom. The van der Waals surface area contributed by atoms with E-state index in [0.717, 1.165) is 38.7 Å². The number of ether oxygens (including phenoxy) is 1. The Kier molecular flexibility index (Phi) is 7.76. The third kappa shape index (κ3) is 6.43. The maximum absolute atomic E-state index is 5.04. The first-order valence-electron chi connectivity index (χ1n) is 6.42. The largest absolute Gasteiger partial charge is 0.383 e. The minimum atomic E-state index is 0.822. The van der Waals surface area contributed by atoms with Crippen molar-refractivity contribution in [3.63, 3.8) is 0 Å². The van der Waals surface area contributed by atoms with E-state index >= 15 is 0 Å². The van der Waals surface area contributed by atoms with E-state index in [2.05, 4.69) is 22.6 Å². The van der Waals surface area contributed by atoms with Crippen LogP contribution < -0.4 is 10.6 Å². The molecule has 4 nitrogen and oxygen atoms in total. The zero-order valence-electron chi connectivity index (χ0n) is 10.8. The lowest BCUT2D eigenvalue weighted by atomic mass is 10.00. The Hall–Kier alpha value is -0.160. The number of methoxy groups -OCH3 is 1. The molecule has 0 bridgehead atoms. The molecule has 0 aromatic heterocycles. The molecule has 1 aliphatic heterocycles. The van der Waals surface area contributed by atoms with Gasteiger partial charge in [0.05, 0.1) is 6.61 Å². The van der Waals surface area contributed by atoms with Gasteiger partial charge in [0.1, 0.15) is 0 Å². The second kappa shape index (κ2) is 8.93. The molecule has 1 unspecified atom stereocenters. The molecule has 0 aliphatic carbocycles. The van der Waals surface area contributed by atoms with Crippen LogP contribution >= 0.6 is 0 Å². The maximum Gasteiger partial charge on any atom is 0.0589 e. The molecular formula is C12H27N3O. The molecule has 0 amide bonds. The number of hydrogen-bond donors (Lipinski definition) is 2. The van der Waals surface area contributed by atoms with Gasteiger partial charge in [0, 0.05) is 26.7 Å². The Bertz CT molecular complexity index is 160. The molecule has 16 heavy (non-hydrogen) atoms. The second-order valence-electron chi connectivity index (χ2n) is 4.71. The fraction of sp³-hybridized carbons (Fsp3) is 1.00. The Labute approximate surface area is 99.7 Å². The summed E-state index contributed by atoms with van der Waals surface area (Å²) >= 11 is 0. The van der Waals surface area contributed by atoms with Gasteiger partial charge in [-0.05, 0) is 45.4 Å². The summed E-state index contributed by atoms with van der Waals surface area (Å²) in [5.41, 5.74) is 0. The summed E-state index contributed by atoms with van der Waals surface area (Å²) in [6, 6.07) is 0. The summed E-state index contributed by atoms with van der Waals surface area (Å²) in [7, 11) is 3.89. The summed E-state index contributed by atoms with van der Waals surface area (Å²) in [5.74, 6) is 0.832. The van der Waals surface area contributed by atoms with Crippen LogP contribution in [0.25, 0.3) is 0 Å². The molecule has 2 N–H and O–H groups in total. The highest BCUT2D eigenvalue weighted by atomic mass is 16.5. The van der Waals surface area contributed by atoms with Gasteiger partial charge in [-0.2, -0.15) is 0 Å². The summed E-state index contributed by atoms with van der Waals surface area (Å²) in [4.78, 5) is 2.30. The summed E-state index contributed by atoms with van der Waals surface area (Å²) in [5, 5.41) is 6.99. The monoisotopic (exact) mass is 229 g/mol. The fourth-order valence-corrected chi connectivity index (χ4v) is 2.03.